The van der Waals surface area contributed by atoms with Gasteiger partial charge in [-0.05, 0) is 52.2 Å². The van der Waals surface area contributed by atoms with Crippen molar-refractivity contribution in [1.82, 2.24) is 29.3 Å². The van der Waals surface area contributed by atoms with Crippen molar-refractivity contribution in [2.24, 2.45) is 0 Å². The highest BCUT2D eigenvalue weighted by Gasteiger charge is 2.14. The molecule has 0 fully saturated rings. The highest BCUT2D eigenvalue weighted by atomic mass is 16.1. The van der Waals surface area contributed by atoms with Crippen molar-refractivity contribution in [3.05, 3.63) is 65.7 Å². The summed E-state index contributed by atoms with van der Waals surface area (Å²) in [5, 5.41) is 11.4. The fraction of sp³-hybridized carbons (Fsp3) is 0.273. The van der Waals surface area contributed by atoms with Crippen molar-refractivity contribution < 1.29 is 4.79 Å². The summed E-state index contributed by atoms with van der Waals surface area (Å²) in [5.41, 5.74) is 5.61. The van der Waals surface area contributed by atoms with Crippen molar-refractivity contribution in [3.63, 3.8) is 0 Å². The first kappa shape index (κ1) is 19.8. The third-order valence-electron chi connectivity index (χ3n) is 4.94. The zero-order valence-electron chi connectivity index (χ0n) is 17.6. The number of nitrogens with zero attached hydrogens (tertiary/aromatic N) is 6. The molecule has 0 saturated heterocycles. The van der Waals surface area contributed by atoms with E-state index in [1.54, 1.807) is 6.07 Å². The van der Waals surface area contributed by atoms with Gasteiger partial charge in [-0.3, -0.25) is 9.48 Å². The molecule has 3 aromatic heterocycles. The number of likely N-dealkylation sites (N-methyl/N-ethyl adjacent to an activating group) is 1. The molecule has 30 heavy (non-hydrogen) atoms. The maximum absolute atomic E-state index is 12.8. The van der Waals surface area contributed by atoms with Gasteiger partial charge >= 0.3 is 0 Å². The van der Waals surface area contributed by atoms with Crippen LogP contribution >= 0.6 is 0 Å². The highest BCUT2D eigenvalue weighted by Crippen LogP contribution is 2.21. The second-order valence-electron chi connectivity index (χ2n) is 7.66. The second-order valence-corrected chi connectivity index (χ2v) is 7.66. The van der Waals surface area contributed by atoms with Crippen LogP contribution in [0.25, 0.3) is 16.9 Å². The van der Waals surface area contributed by atoms with E-state index in [2.05, 4.69) is 25.5 Å². The van der Waals surface area contributed by atoms with E-state index < -0.39 is 0 Å². The SMILES string of the molecule is Cc1cc(C)n2ccc(C(=O)Nc3ccc(-c4cn(CCN(C)C)nn4)cc3)c2n1. The van der Waals surface area contributed by atoms with Crippen LogP contribution in [-0.4, -0.2) is 55.8 Å². The Bertz CT molecular complexity index is 1190. The number of benzene rings is 1. The van der Waals surface area contributed by atoms with Crippen LogP contribution in [0.4, 0.5) is 5.69 Å². The Labute approximate surface area is 175 Å². The summed E-state index contributed by atoms with van der Waals surface area (Å²) in [7, 11) is 4.06. The summed E-state index contributed by atoms with van der Waals surface area (Å²) in [6.45, 7) is 5.61. The summed E-state index contributed by atoms with van der Waals surface area (Å²) in [5.74, 6) is -0.183. The van der Waals surface area contributed by atoms with E-state index in [-0.39, 0.29) is 5.91 Å². The molecule has 1 N–H and O–H groups in total. The molecule has 4 rings (SSSR count). The number of carbonyl (C=O) groups excluding carboxylic acids is 1. The molecule has 8 heteroatoms. The van der Waals surface area contributed by atoms with E-state index in [1.807, 2.05) is 79.8 Å². The maximum Gasteiger partial charge on any atom is 0.259 e. The van der Waals surface area contributed by atoms with Crippen LogP contribution in [-0.2, 0) is 6.54 Å². The second kappa shape index (κ2) is 8.08. The minimum Gasteiger partial charge on any atom is -0.322 e. The quantitative estimate of drug-likeness (QED) is 0.535. The van der Waals surface area contributed by atoms with E-state index in [0.717, 1.165) is 35.7 Å². The lowest BCUT2D eigenvalue weighted by atomic mass is 10.1. The molecule has 0 unspecified atom stereocenters. The van der Waals surface area contributed by atoms with Gasteiger partial charge in [-0.15, -0.1) is 5.10 Å². The third kappa shape index (κ3) is 4.08. The summed E-state index contributed by atoms with van der Waals surface area (Å²) < 4.78 is 3.75. The van der Waals surface area contributed by atoms with E-state index in [1.165, 1.54) is 0 Å². The Morgan fingerprint density at radius 1 is 1.13 bits per heavy atom. The average Bonchev–Trinajstić information content (AvgIpc) is 3.34. The number of aromatic nitrogens is 5. The first-order valence-corrected chi connectivity index (χ1v) is 9.82. The van der Waals surface area contributed by atoms with Crippen LogP contribution in [0.1, 0.15) is 21.7 Å². The number of amides is 1. The Hall–Kier alpha value is -3.52. The fourth-order valence-corrected chi connectivity index (χ4v) is 3.34. The van der Waals surface area contributed by atoms with Gasteiger partial charge in [-0.1, -0.05) is 17.3 Å². The van der Waals surface area contributed by atoms with Gasteiger partial charge < -0.3 is 14.6 Å². The predicted octanol–water partition coefficient (Wildman–Crippen LogP) is 3.02. The molecule has 4 aromatic rings. The summed E-state index contributed by atoms with van der Waals surface area (Å²) in [6, 6.07) is 11.4. The number of fused-ring (bicyclic) bond motifs is 1. The smallest absolute Gasteiger partial charge is 0.259 e. The molecule has 1 aromatic carbocycles. The number of carbonyl (C=O) groups is 1. The van der Waals surface area contributed by atoms with Gasteiger partial charge in [0.05, 0.1) is 18.3 Å². The maximum atomic E-state index is 12.8. The zero-order valence-corrected chi connectivity index (χ0v) is 17.6. The van der Waals surface area contributed by atoms with Gasteiger partial charge in [0, 0.05) is 35.4 Å². The molecular formula is C22H25N7O. The topological polar surface area (TPSA) is 80.4 Å². The Balaban J connectivity index is 1.48. The summed E-state index contributed by atoms with van der Waals surface area (Å²) >= 11 is 0. The molecule has 0 aliphatic carbocycles. The van der Waals surface area contributed by atoms with Crippen LogP contribution < -0.4 is 5.32 Å². The minimum absolute atomic E-state index is 0.183. The minimum atomic E-state index is -0.183. The lowest BCUT2D eigenvalue weighted by molar-refractivity contribution is 0.102. The fourth-order valence-electron chi connectivity index (χ4n) is 3.34. The van der Waals surface area contributed by atoms with Gasteiger partial charge in [0.1, 0.15) is 11.3 Å². The van der Waals surface area contributed by atoms with Gasteiger partial charge in [-0.25, -0.2) is 4.98 Å². The van der Waals surface area contributed by atoms with Crippen LogP contribution in [0.15, 0.2) is 48.8 Å². The normalized spacial score (nSPS) is 11.4. The molecule has 0 spiro atoms. The number of anilines is 1. The predicted molar refractivity (Wildman–Crippen MR) is 117 cm³/mol. The van der Waals surface area contributed by atoms with E-state index >= 15 is 0 Å². The Morgan fingerprint density at radius 2 is 1.90 bits per heavy atom. The highest BCUT2D eigenvalue weighted by molar-refractivity contribution is 6.08. The zero-order chi connectivity index (χ0) is 21.3. The number of aryl methyl sites for hydroxylation is 2. The third-order valence-corrected chi connectivity index (χ3v) is 4.94. The lowest BCUT2D eigenvalue weighted by Gasteiger charge is -2.08. The van der Waals surface area contributed by atoms with Crippen molar-refractivity contribution in [1.29, 1.82) is 0 Å². The van der Waals surface area contributed by atoms with Crippen LogP contribution in [0, 0.1) is 13.8 Å². The molecule has 0 saturated carbocycles. The first-order valence-electron chi connectivity index (χ1n) is 9.82. The van der Waals surface area contributed by atoms with Crippen LogP contribution in [0.5, 0.6) is 0 Å². The molecule has 0 aliphatic heterocycles. The molecule has 3 heterocycles. The van der Waals surface area contributed by atoms with Crippen molar-refractivity contribution in [3.8, 4) is 11.3 Å². The molecule has 8 nitrogen and oxygen atoms in total. The Kier molecular flexibility index (Phi) is 5.33. The standard InChI is InChI=1S/C22H25N7O/c1-15-13-16(2)29-10-9-19(21(29)23-15)22(30)24-18-7-5-17(6-8-18)20-14-28(26-25-20)12-11-27(3)4/h5-10,13-14H,11-12H2,1-4H3,(H,24,30). The van der Waals surface area contributed by atoms with Crippen LogP contribution in [0.3, 0.4) is 0 Å². The number of nitrogens with one attached hydrogen (secondary N) is 1. The number of rotatable bonds is 6. The molecular weight excluding hydrogens is 378 g/mol. The molecule has 0 aliphatic rings. The van der Waals surface area contributed by atoms with E-state index in [4.69, 9.17) is 0 Å². The molecule has 0 bridgehead atoms. The van der Waals surface area contributed by atoms with Gasteiger partial charge in [0.2, 0.25) is 0 Å². The summed E-state index contributed by atoms with van der Waals surface area (Å²) in [6.07, 6.45) is 3.80. The molecule has 0 atom stereocenters. The van der Waals surface area contributed by atoms with Gasteiger partial charge in [-0.2, -0.15) is 0 Å². The van der Waals surface area contributed by atoms with Crippen LogP contribution in [0.2, 0.25) is 0 Å². The van der Waals surface area contributed by atoms with E-state index in [9.17, 15) is 4.79 Å². The average molecular weight is 403 g/mol. The Morgan fingerprint density at radius 3 is 2.63 bits per heavy atom. The number of hydrogen-bond donors (Lipinski definition) is 1. The lowest BCUT2D eigenvalue weighted by Crippen LogP contribution is -2.18. The van der Waals surface area contributed by atoms with Crippen molar-refractivity contribution in [2.75, 3.05) is 26.0 Å². The monoisotopic (exact) mass is 403 g/mol. The van der Waals surface area contributed by atoms with Gasteiger partial charge in [0.25, 0.3) is 5.91 Å². The first-order chi connectivity index (χ1) is 14.4. The molecule has 0 radical (unpaired) electrons. The van der Waals surface area contributed by atoms with Gasteiger partial charge in [0.15, 0.2) is 0 Å². The van der Waals surface area contributed by atoms with Crippen molar-refractivity contribution in [2.45, 2.75) is 20.4 Å². The summed E-state index contributed by atoms with van der Waals surface area (Å²) in [4.78, 5) is 19.4. The molecule has 1 amide bonds. The largest absolute Gasteiger partial charge is 0.322 e. The van der Waals surface area contributed by atoms with Crippen molar-refractivity contribution >= 4 is 17.2 Å². The number of hydrogen-bond acceptors (Lipinski definition) is 5. The van der Waals surface area contributed by atoms with E-state index in [0.29, 0.717) is 16.9 Å². The molecule has 154 valence electrons.